The lowest BCUT2D eigenvalue weighted by Crippen LogP contribution is -1.97. The van der Waals surface area contributed by atoms with E-state index in [1.807, 2.05) is 30.3 Å². The number of nitrogens with zero attached hydrogens (tertiary/aromatic N) is 1. The number of halogens is 1. The number of benzene rings is 2. The predicted octanol–water partition coefficient (Wildman–Crippen LogP) is 4.50. The molecule has 3 aromatic rings. The van der Waals surface area contributed by atoms with Gasteiger partial charge in [0.05, 0.1) is 12.7 Å². The average molecular weight is 388 g/mol. The fourth-order valence-corrected chi connectivity index (χ4v) is 2.63. The number of hydrogen-bond acceptors (Lipinski definition) is 5. The van der Waals surface area contributed by atoms with Gasteiger partial charge >= 0.3 is 0 Å². The van der Waals surface area contributed by atoms with Crippen LogP contribution >= 0.6 is 15.9 Å². The standard InChI is InChI=1S/C18H14BrNO4/c1-22-18-5-3-2-4-15(18)16-9-14(24-20-16)11-23-17-7-6-13(19)8-12(17)10-21/h2-10H,11H2,1H3. The molecule has 0 aliphatic rings. The van der Waals surface area contributed by atoms with Gasteiger partial charge in [-0.2, -0.15) is 0 Å². The van der Waals surface area contributed by atoms with Crippen LogP contribution in [0.1, 0.15) is 16.1 Å². The van der Waals surface area contributed by atoms with E-state index in [9.17, 15) is 4.79 Å². The second-order valence-electron chi connectivity index (χ2n) is 4.97. The molecule has 2 aromatic carbocycles. The smallest absolute Gasteiger partial charge is 0.174 e. The van der Waals surface area contributed by atoms with E-state index in [4.69, 9.17) is 14.0 Å². The Morgan fingerprint density at radius 3 is 2.79 bits per heavy atom. The number of hydrogen-bond donors (Lipinski definition) is 0. The number of methoxy groups -OCH3 is 1. The van der Waals surface area contributed by atoms with Gasteiger partial charge in [-0.1, -0.05) is 33.2 Å². The van der Waals surface area contributed by atoms with Crippen LogP contribution in [0.5, 0.6) is 11.5 Å². The lowest BCUT2D eigenvalue weighted by molar-refractivity contribution is 0.111. The highest BCUT2D eigenvalue weighted by Gasteiger charge is 2.12. The largest absolute Gasteiger partial charge is 0.496 e. The van der Waals surface area contributed by atoms with Crippen LogP contribution in [0.3, 0.4) is 0 Å². The van der Waals surface area contributed by atoms with Crippen molar-refractivity contribution >= 4 is 22.2 Å². The number of para-hydroxylation sites is 1. The molecule has 0 radical (unpaired) electrons. The molecule has 24 heavy (non-hydrogen) atoms. The number of rotatable bonds is 6. The van der Waals surface area contributed by atoms with E-state index in [1.165, 1.54) is 0 Å². The van der Waals surface area contributed by atoms with Crippen LogP contribution in [-0.4, -0.2) is 18.6 Å². The molecular weight excluding hydrogens is 374 g/mol. The molecule has 0 aliphatic carbocycles. The maximum Gasteiger partial charge on any atom is 0.174 e. The average Bonchev–Trinajstić information content (AvgIpc) is 3.09. The van der Waals surface area contributed by atoms with Crippen molar-refractivity contribution in [3.63, 3.8) is 0 Å². The Kier molecular flexibility index (Phi) is 4.96. The number of carbonyl (C=O) groups is 1. The van der Waals surface area contributed by atoms with E-state index in [1.54, 1.807) is 25.3 Å². The first-order chi connectivity index (χ1) is 11.7. The van der Waals surface area contributed by atoms with E-state index in [0.29, 0.717) is 22.8 Å². The molecule has 0 fully saturated rings. The van der Waals surface area contributed by atoms with Crippen LogP contribution in [0.4, 0.5) is 0 Å². The summed E-state index contributed by atoms with van der Waals surface area (Å²) in [7, 11) is 1.61. The molecule has 0 bridgehead atoms. The van der Waals surface area contributed by atoms with E-state index in [0.717, 1.165) is 22.1 Å². The third-order valence-electron chi connectivity index (χ3n) is 3.41. The van der Waals surface area contributed by atoms with Crippen molar-refractivity contribution < 1.29 is 18.8 Å². The van der Waals surface area contributed by atoms with Gasteiger partial charge in [-0.15, -0.1) is 0 Å². The van der Waals surface area contributed by atoms with Crippen molar-refractivity contribution in [2.75, 3.05) is 7.11 Å². The molecule has 0 spiro atoms. The van der Waals surface area contributed by atoms with Gasteiger partial charge in [0.25, 0.3) is 0 Å². The summed E-state index contributed by atoms with van der Waals surface area (Å²) in [5, 5.41) is 4.05. The number of aromatic nitrogens is 1. The van der Waals surface area contributed by atoms with Gasteiger partial charge < -0.3 is 14.0 Å². The van der Waals surface area contributed by atoms with Gasteiger partial charge in [0.15, 0.2) is 12.0 Å². The van der Waals surface area contributed by atoms with Gasteiger partial charge in [0, 0.05) is 16.1 Å². The summed E-state index contributed by atoms with van der Waals surface area (Å²) < 4.78 is 17.1. The van der Waals surface area contributed by atoms with E-state index >= 15 is 0 Å². The first kappa shape index (κ1) is 16.3. The summed E-state index contributed by atoms with van der Waals surface area (Å²) in [6.45, 7) is 0.171. The van der Waals surface area contributed by atoms with Gasteiger partial charge in [0.1, 0.15) is 23.8 Å². The molecule has 0 saturated heterocycles. The molecule has 0 N–H and O–H groups in total. The summed E-state index contributed by atoms with van der Waals surface area (Å²) in [6, 6.07) is 14.6. The first-order valence-corrected chi connectivity index (χ1v) is 7.97. The summed E-state index contributed by atoms with van der Waals surface area (Å²) in [5.41, 5.74) is 1.97. The maximum absolute atomic E-state index is 11.1. The van der Waals surface area contributed by atoms with Crippen LogP contribution in [0.15, 0.2) is 57.5 Å². The zero-order valence-corrected chi connectivity index (χ0v) is 14.4. The quantitative estimate of drug-likeness (QED) is 0.582. The van der Waals surface area contributed by atoms with Gasteiger partial charge in [-0.05, 0) is 30.3 Å². The Labute approximate surface area is 147 Å². The van der Waals surface area contributed by atoms with E-state index in [2.05, 4.69) is 21.1 Å². The molecule has 1 aromatic heterocycles. The topological polar surface area (TPSA) is 61.6 Å². The highest BCUT2D eigenvalue weighted by molar-refractivity contribution is 9.10. The molecule has 3 rings (SSSR count). The summed E-state index contributed by atoms with van der Waals surface area (Å²) in [4.78, 5) is 11.1. The first-order valence-electron chi connectivity index (χ1n) is 7.18. The molecular formula is C18H14BrNO4. The summed E-state index contributed by atoms with van der Waals surface area (Å²) in [5.74, 6) is 1.76. The second-order valence-corrected chi connectivity index (χ2v) is 5.88. The van der Waals surface area contributed by atoms with Crippen molar-refractivity contribution in [2.24, 2.45) is 0 Å². The van der Waals surface area contributed by atoms with Gasteiger partial charge in [-0.25, -0.2) is 0 Å². The van der Waals surface area contributed by atoms with Crippen LogP contribution in [0.25, 0.3) is 11.3 Å². The van der Waals surface area contributed by atoms with Gasteiger partial charge in [0.2, 0.25) is 0 Å². The Morgan fingerprint density at radius 2 is 2.00 bits per heavy atom. The minimum Gasteiger partial charge on any atom is -0.496 e. The Hall–Kier alpha value is -2.60. The normalized spacial score (nSPS) is 10.4. The Morgan fingerprint density at radius 1 is 1.17 bits per heavy atom. The van der Waals surface area contributed by atoms with Crippen LogP contribution in [0.2, 0.25) is 0 Å². The maximum atomic E-state index is 11.1. The lowest BCUT2D eigenvalue weighted by atomic mass is 10.1. The van der Waals surface area contributed by atoms with Crippen molar-refractivity contribution in [1.82, 2.24) is 5.16 Å². The van der Waals surface area contributed by atoms with Crippen LogP contribution in [-0.2, 0) is 6.61 Å². The zero-order valence-electron chi connectivity index (χ0n) is 12.9. The van der Waals surface area contributed by atoms with Crippen LogP contribution < -0.4 is 9.47 Å². The van der Waals surface area contributed by atoms with Crippen molar-refractivity contribution in [1.29, 1.82) is 0 Å². The molecule has 0 aliphatic heterocycles. The lowest BCUT2D eigenvalue weighted by Gasteiger charge is -2.06. The molecule has 0 unspecified atom stereocenters. The van der Waals surface area contributed by atoms with E-state index < -0.39 is 0 Å². The third-order valence-corrected chi connectivity index (χ3v) is 3.90. The predicted molar refractivity (Wildman–Crippen MR) is 92.4 cm³/mol. The van der Waals surface area contributed by atoms with E-state index in [-0.39, 0.29) is 6.61 Å². The molecule has 0 amide bonds. The zero-order chi connectivity index (χ0) is 16.9. The highest BCUT2D eigenvalue weighted by Crippen LogP contribution is 2.29. The second kappa shape index (κ2) is 7.31. The third kappa shape index (κ3) is 3.49. The van der Waals surface area contributed by atoms with Crippen molar-refractivity contribution in [3.05, 3.63) is 64.3 Å². The fourth-order valence-electron chi connectivity index (χ4n) is 2.26. The van der Waals surface area contributed by atoms with Crippen molar-refractivity contribution in [3.8, 4) is 22.8 Å². The fraction of sp³-hybridized carbons (Fsp3) is 0.111. The molecule has 6 heteroatoms. The molecule has 5 nitrogen and oxygen atoms in total. The Balaban J connectivity index is 1.76. The highest BCUT2D eigenvalue weighted by atomic mass is 79.9. The monoisotopic (exact) mass is 387 g/mol. The van der Waals surface area contributed by atoms with Crippen molar-refractivity contribution in [2.45, 2.75) is 6.61 Å². The SMILES string of the molecule is COc1ccccc1-c1cc(COc2ccc(Br)cc2C=O)on1. The summed E-state index contributed by atoms with van der Waals surface area (Å²) in [6.07, 6.45) is 0.751. The van der Waals surface area contributed by atoms with Gasteiger partial charge in [-0.3, -0.25) is 4.79 Å². The summed E-state index contributed by atoms with van der Waals surface area (Å²) >= 11 is 3.32. The number of ether oxygens (including phenoxy) is 2. The minimum absolute atomic E-state index is 0.171. The minimum atomic E-state index is 0.171. The molecule has 0 saturated carbocycles. The molecule has 1 heterocycles. The Bertz CT molecular complexity index is 860. The molecule has 0 atom stereocenters. The number of carbonyl (C=O) groups excluding carboxylic acids is 1. The molecule has 122 valence electrons. The number of aldehydes is 1. The van der Waals surface area contributed by atoms with Crippen LogP contribution in [0, 0.1) is 0 Å².